The molecule has 8 heteroatoms. The van der Waals surface area contributed by atoms with Gasteiger partial charge in [0, 0.05) is 10.6 Å². The Kier molecular flexibility index (Phi) is 11.9. The number of hydrogen-bond acceptors (Lipinski definition) is 6. The predicted molar refractivity (Wildman–Crippen MR) is 99.5 cm³/mol. The first-order valence-electron chi connectivity index (χ1n) is 7.64. The highest BCUT2D eigenvalue weighted by molar-refractivity contribution is 6.31. The summed E-state index contributed by atoms with van der Waals surface area (Å²) in [5.74, 6) is -1.01. The molecule has 0 spiro atoms. The SMILES string of the molecule is C=CCOC(=O)[C@@H](N)CCCC(N)C(=O)OCc1ccccc1Cl.Cl. The zero-order valence-electron chi connectivity index (χ0n) is 13.9. The molecule has 6 nitrogen and oxygen atoms in total. The maximum Gasteiger partial charge on any atom is 0.323 e. The summed E-state index contributed by atoms with van der Waals surface area (Å²) in [6.45, 7) is 3.64. The van der Waals surface area contributed by atoms with E-state index >= 15 is 0 Å². The first kappa shape index (κ1) is 23.4. The molecule has 2 atom stereocenters. The molecule has 1 rings (SSSR count). The molecular weight excluding hydrogens is 367 g/mol. The van der Waals surface area contributed by atoms with Gasteiger partial charge < -0.3 is 20.9 Å². The van der Waals surface area contributed by atoms with Crippen molar-refractivity contribution in [1.82, 2.24) is 0 Å². The van der Waals surface area contributed by atoms with Gasteiger partial charge in [-0.1, -0.05) is 42.5 Å². The largest absolute Gasteiger partial charge is 0.460 e. The number of carbonyl (C=O) groups excluding carboxylic acids is 2. The number of carbonyl (C=O) groups is 2. The second kappa shape index (κ2) is 12.7. The van der Waals surface area contributed by atoms with Crippen LogP contribution in [0.15, 0.2) is 36.9 Å². The standard InChI is InChI=1S/C17H23ClN2O4.ClH/c1-2-10-23-16(21)14(19)8-5-9-15(20)17(22)24-11-12-6-3-4-7-13(12)18;/h2-4,6-7,14-15H,1,5,8-11,19-20H2;1H/t14-,15?;/m0./s1. The van der Waals surface area contributed by atoms with Gasteiger partial charge in [-0.3, -0.25) is 9.59 Å². The van der Waals surface area contributed by atoms with Gasteiger partial charge >= 0.3 is 11.9 Å². The number of halogens is 2. The summed E-state index contributed by atoms with van der Waals surface area (Å²) in [6.07, 6.45) is 2.72. The molecule has 25 heavy (non-hydrogen) atoms. The highest BCUT2D eigenvalue weighted by Crippen LogP contribution is 2.16. The number of benzene rings is 1. The number of esters is 2. The Bertz CT molecular complexity index is 569. The van der Waals surface area contributed by atoms with Crippen molar-refractivity contribution in [3.63, 3.8) is 0 Å². The lowest BCUT2D eigenvalue weighted by molar-refractivity contribution is -0.146. The molecule has 4 N–H and O–H groups in total. The van der Waals surface area contributed by atoms with E-state index in [9.17, 15) is 9.59 Å². The van der Waals surface area contributed by atoms with Gasteiger partial charge in [0.25, 0.3) is 0 Å². The van der Waals surface area contributed by atoms with E-state index in [1.54, 1.807) is 18.2 Å². The Morgan fingerprint density at radius 2 is 1.68 bits per heavy atom. The summed E-state index contributed by atoms with van der Waals surface area (Å²) >= 11 is 5.99. The Labute approximate surface area is 158 Å². The topological polar surface area (TPSA) is 105 Å². The van der Waals surface area contributed by atoms with Gasteiger partial charge in [0.05, 0.1) is 0 Å². The van der Waals surface area contributed by atoms with Gasteiger partial charge in [0.15, 0.2) is 0 Å². The highest BCUT2D eigenvalue weighted by atomic mass is 35.5. The summed E-state index contributed by atoms with van der Waals surface area (Å²) in [6, 6.07) is 5.58. The van der Waals surface area contributed by atoms with E-state index in [1.165, 1.54) is 6.08 Å². The Morgan fingerprint density at radius 1 is 1.12 bits per heavy atom. The van der Waals surface area contributed by atoms with Gasteiger partial charge in [0.2, 0.25) is 0 Å². The average Bonchev–Trinajstić information content (AvgIpc) is 2.58. The van der Waals surface area contributed by atoms with E-state index in [0.29, 0.717) is 29.8 Å². The first-order chi connectivity index (χ1) is 11.5. The molecule has 1 unspecified atom stereocenters. The fourth-order valence-electron chi connectivity index (χ4n) is 1.91. The molecule has 0 radical (unpaired) electrons. The monoisotopic (exact) mass is 390 g/mol. The molecule has 1 aromatic rings. The number of nitrogens with two attached hydrogens (primary N) is 2. The number of hydrogen-bond donors (Lipinski definition) is 2. The van der Waals surface area contributed by atoms with Crippen LogP contribution in [0.5, 0.6) is 0 Å². The summed E-state index contributed by atoms with van der Waals surface area (Å²) in [5, 5.41) is 0.530. The van der Waals surface area contributed by atoms with Crippen LogP contribution < -0.4 is 11.5 Å². The zero-order chi connectivity index (χ0) is 17.9. The third-order valence-electron chi connectivity index (χ3n) is 3.31. The van der Waals surface area contributed by atoms with E-state index < -0.39 is 24.0 Å². The average molecular weight is 391 g/mol. The third-order valence-corrected chi connectivity index (χ3v) is 3.68. The molecular formula is C17H24Cl2N2O4. The van der Waals surface area contributed by atoms with E-state index in [1.807, 2.05) is 6.07 Å². The van der Waals surface area contributed by atoms with Crippen LogP contribution in [0, 0.1) is 0 Å². The van der Waals surface area contributed by atoms with E-state index in [-0.39, 0.29) is 25.6 Å². The molecule has 0 fully saturated rings. The van der Waals surface area contributed by atoms with Crippen LogP contribution in [0.3, 0.4) is 0 Å². The normalized spacial score (nSPS) is 12.4. The maximum atomic E-state index is 11.9. The lowest BCUT2D eigenvalue weighted by Gasteiger charge is -2.14. The van der Waals surface area contributed by atoms with Crippen LogP contribution in [0.1, 0.15) is 24.8 Å². The predicted octanol–water partition coefficient (Wildman–Crippen LogP) is 2.36. The van der Waals surface area contributed by atoms with Gasteiger partial charge in [-0.15, -0.1) is 12.4 Å². The lowest BCUT2D eigenvalue weighted by Crippen LogP contribution is -2.35. The molecule has 0 saturated heterocycles. The third kappa shape index (κ3) is 8.88. The molecule has 0 heterocycles. The van der Waals surface area contributed by atoms with Crippen molar-refractivity contribution < 1.29 is 19.1 Å². The minimum Gasteiger partial charge on any atom is -0.460 e. The Hall–Kier alpha value is -1.60. The van der Waals surface area contributed by atoms with Gasteiger partial charge in [-0.05, 0) is 25.3 Å². The van der Waals surface area contributed by atoms with Crippen molar-refractivity contribution in [1.29, 1.82) is 0 Å². The fraction of sp³-hybridized carbons (Fsp3) is 0.412. The molecule has 0 bridgehead atoms. The zero-order valence-corrected chi connectivity index (χ0v) is 15.4. The molecule has 0 aliphatic rings. The van der Waals surface area contributed by atoms with Crippen molar-refractivity contribution in [2.24, 2.45) is 11.5 Å². The van der Waals surface area contributed by atoms with Crippen LogP contribution in [0.4, 0.5) is 0 Å². The molecule has 0 amide bonds. The minimum absolute atomic E-state index is 0. The van der Waals surface area contributed by atoms with E-state index in [0.717, 1.165) is 0 Å². The van der Waals surface area contributed by atoms with Gasteiger partial charge in [-0.25, -0.2) is 0 Å². The smallest absolute Gasteiger partial charge is 0.323 e. The summed E-state index contributed by atoms with van der Waals surface area (Å²) in [5.41, 5.74) is 12.2. The quantitative estimate of drug-likeness (QED) is 0.469. The van der Waals surface area contributed by atoms with Crippen LogP contribution in [0.25, 0.3) is 0 Å². The van der Waals surface area contributed by atoms with Crippen LogP contribution in [0.2, 0.25) is 5.02 Å². The number of rotatable bonds is 10. The van der Waals surface area contributed by atoms with Crippen molar-refractivity contribution in [2.75, 3.05) is 6.61 Å². The minimum atomic E-state index is -0.774. The van der Waals surface area contributed by atoms with Gasteiger partial charge in [0.1, 0.15) is 25.3 Å². The molecule has 0 aliphatic carbocycles. The van der Waals surface area contributed by atoms with Crippen molar-refractivity contribution >= 4 is 35.9 Å². The van der Waals surface area contributed by atoms with Crippen LogP contribution in [-0.4, -0.2) is 30.6 Å². The summed E-state index contributed by atoms with van der Waals surface area (Å²) < 4.78 is 9.99. The molecule has 0 aromatic heterocycles. The Balaban J connectivity index is 0.00000576. The maximum absolute atomic E-state index is 11.9. The fourth-order valence-corrected chi connectivity index (χ4v) is 2.10. The molecule has 0 aliphatic heterocycles. The molecule has 140 valence electrons. The second-order valence-corrected chi connectivity index (χ2v) is 5.67. The van der Waals surface area contributed by atoms with E-state index in [2.05, 4.69) is 6.58 Å². The summed E-state index contributed by atoms with van der Waals surface area (Å²) in [4.78, 5) is 23.3. The van der Waals surface area contributed by atoms with Crippen molar-refractivity contribution in [3.8, 4) is 0 Å². The van der Waals surface area contributed by atoms with Crippen molar-refractivity contribution in [2.45, 2.75) is 38.0 Å². The lowest BCUT2D eigenvalue weighted by atomic mass is 10.1. The molecule has 1 aromatic carbocycles. The van der Waals surface area contributed by atoms with Gasteiger partial charge in [-0.2, -0.15) is 0 Å². The summed E-state index contributed by atoms with van der Waals surface area (Å²) in [7, 11) is 0. The van der Waals surface area contributed by atoms with E-state index in [4.69, 9.17) is 32.5 Å². The highest BCUT2D eigenvalue weighted by Gasteiger charge is 2.18. The number of ether oxygens (including phenoxy) is 2. The van der Waals surface area contributed by atoms with Crippen molar-refractivity contribution in [3.05, 3.63) is 47.5 Å². The first-order valence-corrected chi connectivity index (χ1v) is 8.02. The second-order valence-electron chi connectivity index (χ2n) is 5.26. The van der Waals surface area contributed by atoms with Crippen LogP contribution in [-0.2, 0) is 25.7 Å². The van der Waals surface area contributed by atoms with Crippen LogP contribution >= 0.6 is 24.0 Å². The Morgan fingerprint density at radius 3 is 2.24 bits per heavy atom. The molecule has 0 saturated carbocycles.